The number of hydrogen-bond donors (Lipinski definition) is 1. The minimum Gasteiger partial charge on any atom is -0.497 e. The third-order valence-electron chi connectivity index (χ3n) is 3.77. The number of benzene rings is 2. The van der Waals surface area contributed by atoms with E-state index in [4.69, 9.17) is 9.47 Å². The quantitative estimate of drug-likeness (QED) is 0.722. The molecule has 0 bridgehead atoms. The Balaban J connectivity index is 1.70. The van der Waals surface area contributed by atoms with Crippen molar-refractivity contribution in [2.24, 2.45) is 0 Å². The summed E-state index contributed by atoms with van der Waals surface area (Å²) in [6.07, 6.45) is -3.12. The van der Waals surface area contributed by atoms with Crippen LogP contribution in [0.4, 0.5) is 18.9 Å². The van der Waals surface area contributed by atoms with Gasteiger partial charge in [-0.05, 0) is 42.5 Å². The monoisotopic (exact) mass is 376 g/mol. The van der Waals surface area contributed by atoms with Crippen molar-refractivity contribution in [2.45, 2.75) is 6.18 Å². The maximum absolute atomic E-state index is 12.8. The maximum atomic E-state index is 12.8. The summed E-state index contributed by atoms with van der Waals surface area (Å²) in [5, 5.41) is 3.03. The number of halogens is 3. The maximum Gasteiger partial charge on any atom is 0.416 e. The fourth-order valence-electron chi connectivity index (χ4n) is 2.44. The number of amides is 1. The van der Waals surface area contributed by atoms with E-state index >= 15 is 0 Å². The number of alkyl halides is 3. The van der Waals surface area contributed by atoms with Gasteiger partial charge >= 0.3 is 6.18 Å². The van der Waals surface area contributed by atoms with Gasteiger partial charge in [-0.15, -0.1) is 0 Å². The summed E-state index contributed by atoms with van der Waals surface area (Å²) in [4.78, 5) is 16.1. The second-order valence-corrected chi connectivity index (χ2v) is 5.60. The normalized spacial score (nSPS) is 11.3. The predicted octanol–water partition coefficient (Wildman–Crippen LogP) is 4.28. The van der Waals surface area contributed by atoms with Crippen molar-refractivity contribution in [3.05, 3.63) is 60.3 Å². The van der Waals surface area contributed by atoms with E-state index in [-0.39, 0.29) is 12.1 Å². The Morgan fingerprint density at radius 1 is 1.07 bits per heavy atom. The molecular formula is C19H15F3N2O3. The fourth-order valence-corrected chi connectivity index (χ4v) is 2.44. The van der Waals surface area contributed by atoms with Gasteiger partial charge in [-0.3, -0.25) is 9.78 Å². The molecule has 27 heavy (non-hydrogen) atoms. The number of aromatic nitrogens is 1. The average molecular weight is 376 g/mol. The molecule has 2 aromatic carbocycles. The molecule has 0 aliphatic heterocycles. The van der Waals surface area contributed by atoms with Gasteiger partial charge in [0.15, 0.2) is 6.61 Å². The SMILES string of the molecule is COc1ccc(OCC(=O)Nc2ccnc3cc(C(F)(F)F)ccc23)cc1. The van der Waals surface area contributed by atoms with Crippen LogP contribution in [0.2, 0.25) is 0 Å². The molecule has 0 aliphatic rings. The molecule has 0 unspecified atom stereocenters. The Labute approximate surface area is 152 Å². The Morgan fingerprint density at radius 3 is 2.44 bits per heavy atom. The number of nitrogens with zero attached hydrogens (tertiary/aromatic N) is 1. The molecule has 8 heteroatoms. The lowest BCUT2D eigenvalue weighted by atomic mass is 10.1. The van der Waals surface area contributed by atoms with Crippen LogP contribution < -0.4 is 14.8 Å². The number of ether oxygens (including phenoxy) is 2. The highest BCUT2D eigenvalue weighted by Gasteiger charge is 2.30. The molecule has 0 saturated heterocycles. The third kappa shape index (κ3) is 4.46. The average Bonchev–Trinajstić information content (AvgIpc) is 2.66. The minimum absolute atomic E-state index is 0.138. The first kappa shape index (κ1) is 18.5. The van der Waals surface area contributed by atoms with E-state index in [0.29, 0.717) is 22.6 Å². The van der Waals surface area contributed by atoms with Crippen LogP contribution >= 0.6 is 0 Å². The molecule has 140 valence electrons. The number of carbonyl (C=O) groups excluding carboxylic acids is 1. The molecule has 1 amide bonds. The van der Waals surface area contributed by atoms with Gasteiger partial charge in [0.25, 0.3) is 5.91 Å². The Hall–Kier alpha value is -3.29. The molecular weight excluding hydrogens is 361 g/mol. The van der Waals surface area contributed by atoms with Gasteiger partial charge in [-0.1, -0.05) is 6.07 Å². The molecule has 3 rings (SSSR count). The first-order valence-electron chi connectivity index (χ1n) is 7.89. The molecule has 0 spiro atoms. The van der Waals surface area contributed by atoms with Crippen molar-refractivity contribution >= 4 is 22.5 Å². The van der Waals surface area contributed by atoms with Crippen molar-refractivity contribution < 1.29 is 27.4 Å². The number of hydrogen-bond acceptors (Lipinski definition) is 4. The van der Waals surface area contributed by atoms with Crippen molar-refractivity contribution in [3.8, 4) is 11.5 Å². The zero-order valence-corrected chi connectivity index (χ0v) is 14.2. The predicted molar refractivity (Wildman–Crippen MR) is 93.9 cm³/mol. The molecule has 3 aromatic rings. The molecule has 1 aromatic heterocycles. The zero-order chi connectivity index (χ0) is 19.4. The van der Waals surface area contributed by atoms with E-state index in [2.05, 4.69) is 10.3 Å². The van der Waals surface area contributed by atoms with Crippen molar-refractivity contribution in [2.75, 3.05) is 19.0 Å². The molecule has 0 radical (unpaired) electrons. The van der Waals surface area contributed by atoms with Crippen LogP contribution in [0.15, 0.2) is 54.7 Å². The Bertz CT molecular complexity index is 957. The van der Waals surface area contributed by atoms with Gasteiger partial charge < -0.3 is 14.8 Å². The van der Waals surface area contributed by atoms with Crippen LogP contribution in [-0.2, 0) is 11.0 Å². The number of anilines is 1. The molecule has 0 saturated carbocycles. The van der Waals surface area contributed by atoms with Crippen molar-refractivity contribution in [1.29, 1.82) is 0 Å². The standard InChI is InChI=1S/C19H15F3N2O3/c1-26-13-3-5-14(6-4-13)27-11-18(25)24-16-8-9-23-17-10-12(19(20,21)22)2-7-15(16)17/h2-10H,11H2,1H3,(H,23,24,25). The fraction of sp³-hybridized carbons (Fsp3) is 0.158. The molecule has 1 N–H and O–H groups in total. The van der Waals surface area contributed by atoms with Crippen LogP contribution in [-0.4, -0.2) is 24.6 Å². The number of fused-ring (bicyclic) bond motifs is 1. The zero-order valence-electron chi connectivity index (χ0n) is 14.2. The lowest BCUT2D eigenvalue weighted by molar-refractivity contribution is -0.137. The van der Waals surface area contributed by atoms with Crippen LogP contribution in [0.25, 0.3) is 10.9 Å². The van der Waals surface area contributed by atoms with Crippen LogP contribution in [0.5, 0.6) is 11.5 Å². The van der Waals surface area contributed by atoms with Crippen LogP contribution in [0.1, 0.15) is 5.56 Å². The van der Waals surface area contributed by atoms with E-state index in [0.717, 1.165) is 12.1 Å². The topological polar surface area (TPSA) is 60.5 Å². The summed E-state index contributed by atoms with van der Waals surface area (Å²) >= 11 is 0. The van der Waals surface area contributed by atoms with Crippen LogP contribution in [0, 0.1) is 0 Å². The highest BCUT2D eigenvalue weighted by molar-refractivity contribution is 6.01. The number of carbonyl (C=O) groups is 1. The lowest BCUT2D eigenvalue weighted by Crippen LogP contribution is -2.20. The highest BCUT2D eigenvalue weighted by Crippen LogP contribution is 2.32. The summed E-state index contributed by atoms with van der Waals surface area (Å²) in [5.41, 5.74) is -0.301. The van der Waals surface area contributed by atoms with Gasteiger partial charge in [0, 0.05) is 11.6 Å². The second kappa shape index (κ2) is 7.53. The summed E-state index contributed by atoms with van der Waals surface area (Å²) < 4.78 is 48.9. The Kier molecular flexibility index (Phi) is 5.16. The number of nitrogens with one attached hydrogen (secondary N) is 1. The van der Waals surface area contributed by atoms with E-state index in [1.165, 1.54) is 18.3 Å². The third-order valence-corrected chi connectivity index (χ3v) is 3.77. The number of rotatable bonds is 5. The summed E-state index contributed by atoms with van der Waals surface area (Å²) in [7, 11) is 1.54. The Morgan fingerprint density at radius 2 is 1.78 bits per heavy atom. The number of methoxy groups -OCH3 is 1. The molecule has 0 atom stereocenters. The van der Waals surface area contributed by atoms with E-state index in [1.807, 2.05) is 0 Å². The van der Waals surface area contributed by atoms with Gasteiger partial charge in [-0.25, -0.2) is 0 Å². The molecule has 5 nitrogen and oxygen atoms in total. The van der Waals surface area contributed by atoms with Crippen molar-refractivity contribution in [1.82, 2.24) is 4.98 Å². The van der Waals surface area contributed by atoms with E-state index in [1.54, 1.807) is 31.4 Å². The van der Waals surface area contributed by atoms with Gasteiger partial charge in [0.05, 0.1) is 23.9 Å². The first-order valence-corrected chi connectivity index (χ1v) is 7.89. The van der Waals surface area contributed by atoms with Gasteiger partial charge in [0.1, 0.15) is 11.5 Å². The summed E-state index contributed by atoms with van der Waals surface area (Å²) in [6.45, 7) is -0.253. The van der Waals surface area contributed by atoms with E-state index in [9.17, 15) is 18.0 Å². The lowest BCUT2D eigenvalue weighted by Gasteiger charge is -2.11. The van der Waals surface area contributed by atoms with Gasteiger partial charge in [0.2, 0.25) is 0 Å². The largest absolute Gasteiger partial charge is 0.497 e. The van der Waals surface area contributed by atoms with Crippen molar-refractivity contribution in [3.63, 3.8) is 0 Å². The number of pyridine rings is 1. The summed E-state index contributed by atoms with van der Waals surface area (Å²) in [6, 6.07) is 11.4. The van der Waals surface area contributed by atoms with E-state index < -0.39 is 17.6 Å². The second-order valence-electron chi connectivity index (χ2n) is 5.60. The first-order chi connectivity index (χ1) is 12.9. The molecule has 0 fully saturated rings. The molecule has 0 aliphatic carbocycles. The smallest absolute Gasteiger partial charge is 0.416 e. The summed E-state index contributed by atoms with van der Waals surface area (Å²) in [5.74, 6) is 0.701. The van der Waals surface area contributed by atoms with Gasteiger partial charge in [-0.2, -0.15) is 13.2 Å². The highest BCUT2D eigenvalue weighted by atomic mass is 19.4. The molecule has 1 heterocycles. The van der Waals surface area contributed by atoms with Crippen LogP contribution in [0.3, 0.4) is 0 Å². The minimum atomic E-state index is -4.46.